The van der Waals surface area contributed by atoms with Gasteiger partial charge in [0.2, 0.25) is 5.91 Å². The van der Waals surface area contributed by atoms with Crippen molar-refractivity contribution in [3.05, 3.63) is 65.5 Å². The van der Waals surface area contributed by atoms with Crippen LogP contribution in [-0.4, -0.2) is 59.1 Å². The van der Waals surface area contributed by atoms with Crippen LogP contribution in [0, 0.1) is 0 Å². The maximum absolute atomic E-state index is 12.3. The van der Waals surface area contributed by atoms with Gasteiger partial charge in [-0.25, -0.2) is 0 Å². The molecule has 0 spiro atoms. The van der Waals surface area contributed by atoms with E-state index in [1.165, 1.54) is 11.1 Å². The van der Waals surface area contributed by atoms with E-state index in [-0.39, 0.29) is 36.7 Å². The van der Waals surface area contributed by atoms with Gasteiger partial charge >= 0.3 is 0 Å². The Balaban J connectivity index is 1.05. The summed E-state index contributed by atoms with van der Waals surface area (Å²) in [6.45, 7) is 1.05. The third-order valence-electron chi connectivity index (χ3n) is 6.56. The first kappa shape index (κ1) is 20.6. The zero-order valence-corrected chi connectivity index (χ0v) is 17.4. The number of carbonyl (C=O) groups excluding carboxylic acids is 1. The van der Waals surface area contributed by atoms with Gasteiger partial charge in [0.15, 0.2) is 0 Å². The summed E-state index contributed by atoms with van der Waals surface area (Å²) in [5, 5.41) is 17.2. The van der Waals surface area contributed by atoms with Crippen LogP contribution in [0.15, 0.2) is 48.8 Å². The minimum absolute atomic E-state index is 0.0673. The van der Waals surface area contributed by atoms with Crippen molar-refractivity contribution in [1.82, 2.24) is 15.6 Å². The van der Waals surface area contributed by atoms with Gasteiger partial charge in [-0.3, -0.25) is 9.78 Å². The third kappa shape index (κ3) is 4.65. The predicted molar refractivity (Wildman–Crippen MR) is 114 cm³/mol. The zero-order valence-electron chi connectivity index (χ0n) is 17.4. The Hall–Kier alpha value is -2.32. The first-order chi connectivity index (χ1) is 15.2. The Kier molecular flexibility index (Phi) is 6.00. The van der Waals surface area contributed by atoms with Crippen molar-refractivity contribution in [3.63, 3.8) is 0 Å². The molecule has 5 atom stereocenters. The van der Waals surface area contributed by atoms with Crippen LogP contribution in [0.25, 0.3) is 0 Å². The Morgan fingerprint density at radius 1 is 1.13 bits per heavy atom. The van der Waals surface area contributed by atoms with E-state index in [1.54, 1.807) is 12.4 Å². The van der Waals surface area contributed by atoms with Gasteiger partial charge in [0.05, 0.1) is 24.7 Å². The number of benzene rings is 1. The molecule has 0 unspecified atom stereocenters. The molecule has 3 N–H and O–H groups in total. The summed E-state index contributed by atoms with van der Waals surface area (Å²) < 4.78 is 12.1. The fourth-order valence-electron chi connectivity index (χ4n) is 4.98. The number of hydrogen-bond acceptors (Lipinski definition) is 6. The van der Waals surface area contributed by atoms with Crippen molar-refractivity contribution in [2.24, 2.45) is 0 Å². The first-order valence-electron chi connectivity index (χ1n) is 11.1. The molecule has 3 heterocycles. The van der Waals surface area contributed by atoms with Gasteiger partial charge in [0.25, 0.3) is 0 Å². The maximum atomic E-state index is 12.3. The van der Waals surface area contributed by atoms with E-state index >= 15 is 0 Å². The fourth-order valence-corrected chi connectivity index (χ4v) is 4.98. The molecule has 0 saturated carbocycles. The normalized spacial score (nSPS) is 29.6. The number of amides is 1. The average molecular weight is 424 g/mol. The summed E-state index contributed by atoms with van der Waals surface area (Å²) >= 11 is 0. The van der Waals surface area contributed by atoms with Gasteiger partial charge in [-0.05, 0) is 35.6 Å². The summed E-state index contributed by atoms with van der Waals surface area (Å²) in [5.41, 5.74) is 3.76. The fraction of sp³-hybridized carbons (Fsp3) is 0.500. The molecule has 7 heteroatoms. The second-order valence-corrected chi connectivity index (χ2v) is 8.79. The molecule has 1 aromatic carbocycles. The molecule has 164 valence electrons. The first-order valence-corrected chi connectivity index (χ1v) is 11.1. The van der Waals surface area contributed by atoms with Crippen LogP contribution in [0.3, 0.4) is 0 Å². The lowest BCUT2D eigenvalue weighted by Gasteiger charge is -2.22. The number of pyridine rings is 1. The van der Waals surface area contributed by atoms with Crippen molar-refractivity contribution in [3.8, 4) is 0 Å². The van der Waals surface area contributed by atoms with E-state index in [2.05, 4.69) is 39.9 Å². The van der Waals surface area contributed by atoms with E-state index in [0.717, 1.165) is 18.4 Å². The molecule has 0 radical (unpaired) electrons. The number of carbonyl (C=O) groups is 1. The number of hydrogen-bond donors (Lipinski definition) is 3. The Morgan fingerprint density at radius 2 is 1.94 bits per heavy atom. The zero-order chi connectivity index (χ0) is 21.2. The topological polar surface area (TPSA) is 92.7 Å². The van der Waals surface area contributed by atoms with Gasteiger partial charge in [-0.15, -0.1) is 0 Å². The second-order valence-electron chi connectivity index (χ2n) is 8.79. The second kappa shape index (κ2) is 9.04. The largest absolute Gasteiger partial charge is 0.388 e. The number of fused-ring (bicyclic) bond motifs is 2. The highest BCUT2D eigenvalue weighted by Gasteiger charge is 2.50. The summed E-state index contributed by atoms with van der Waals surface area (Å²) in [5.74, 6) is -0.0673. The molecule has 3 aliphatic rings. The van der Waals surface area contributed by atoms with Crippen molar-refractivity contribution in [1.29, 1.82) is 0 Å². The van der Waals surface area contributed by atoms with E-state index in [0.29, 0.717) is 25.6 Å². The van der Waals surface area contributed by atoms with Crippen molar-refractivity contribution < 1.29 is 19.4 Å². The Morgan fingerprint density at radius 3 is 2.65 bits per heavy atom. The van der Waals surface area contributed by atoms with Crippen molar-refractivity contribution in [2.75, 3.05) is 6.54 Å². The van der Waals surface area contributed by atoms with Crippen LogP contribution in [0.2, 0.25) is 0 Å². The smallest absolute Gasteiger partial charge is 0.222 e. The standard InChI is InChI=1S/C24H29N3O4/c28-22(27-13-15-4-3-7-25-12-15)11-19-10-20-24(30-19)23(29)21(31-20)14-26-18-8-16-5-1-2-6-17(16)9-18/h1-7,12,18-21,23-24,26,29H,8-11,13-14H2,(H,27,28)/t19-,20+,21+,23+,24-/m0/s1. The number of aliphatic hydroxyl groups is 1. The van der Waals surface area contributed by atoms with Crippen molar-refractivity contribution >= 4 is 5.91 Å². The van der Waals surface area contributed by atoms with Gasteiger partial charge in [0.1, 0.15) is 12.2 Å². The lowest BCUT2D eigenvalue weighted by molar-refractivity contribution is -0.124. The quantitative estimate of drug-likeness (QED) is 0.618. The Bertz CT molecular complexity index is 884. The van der Waals surface area contributed by atoms with Crippen LogP contribution in [0.1, 0.15) is 29.5 Å². The number of aliphatic hydroxyl groups excluding tert-OH is 1. The van der Waals surface area contributed by atoms with E-state index < -0.39 is 6.10 Å². The average Bonchev–Trinajstić information content (AvgIpc) is 3.45. The molecule has 5 rings (SSSR count). The van der Waals surface area contributed by atoms with Gasteiger partial charge < -0.3 is 25.2 Å². The molecule has 1 amide bonds. The van der Waals surface area contributed by atoms with Crippen LogP contribution in [0.4, 0.5) is 0 Å². The minimum Gasteiger partial charge on any atom is -0.388 e. The molecule has 7 nitrogen and oxygen atoms in total. The molecule has 1 aromatic heterocycles. The minimum atomic E-state index is -0.676. The van der Waals surface area contributed by atoms with Crippen LogP contribution < -0.4 is 10.6 Å². The summed E-state index contributed by atoms with van der Waals surface area (Å²) in [6, 6.07) is 12.7. The van der Waals surface area contributed by atoms with E-state index in [9.17, 15) is 9.90 Å². The van der Waals surface area contributed by atoms with E-state index in [1.807, 2.05) is 12.1 Å². The number of nitrogens with one attached hydrogen (secondary N) is 2. The van der Waals surface area contributed by atoms with Crippen LogP contribution in [0.5, 0.6) is 0 Å². The van der Waals surface area contributed by atoms with Crippen molar-refractivity contribution in [2.45, 2.75) is 68.8 Å². The van der Waals surface area contributed by atoms with E-state index in [4.69, 9.17) is 9.47 Å². The molecule has 2 aliphatic heterocycles. The summed E-state index contributed by atoms with van der Waals surface area (Å²) in [7, 11) is 0. The summed E-state index contributed by atoms with van der Waals surface area (Å²) in [6.07, 6.45) is 4.68. The number of rotatable bonds is 7. The number of ether oxygens (including phenoxy) is 2. The SMILES string of the molecule is O=C(C[C@@H]1C[C@H]2O[C@H](CNC3Cc4ccccc4C3)[C@@H](O)[C@H]2O1)NCc1cccnc1. The lowest BCUT2D eigenvalue weighted by Crippen LogP contribution is -2.42. The molecular formula is C24H29N3O4. The van der Waals surface area contributed by atoms with Gasteiger partial charge in [-0.1, -0.05) is 30.3 Å². The highest BCUT2D eigenvalue weighted by molar-refractivity contribution is 5.76. The molecule has 2 saturated heterocycles. The van der Waals surface area contributed by atoms with Crippen LogP contribution >= 0.6 is 0 Å². The van der Waals surface area contributed by atoms with Gasteiger partial charge in [0, 0.05) is 37.9 Å². The molecule has 31 heavy (non-hydrogen) atoms. The Labute approximate surface area is 182 Å². The van der Waals surface area contributed by atoms with Crippen LogP contribution in [-0.2, 0) is 33.7 Å². The monoisotopic (exact) mass is 423 g/mol. The molecule has 1 aliphatic carbocycles. The molecular weight excluding hydrogens is 394 g/mol. The molecule has 2 fully saturated rings. The highest BCUT2D eigenvalue weighted by Crippen LogP contribution is 2.35. The maximum Gasteiger partial charge on any atom is 0.222 e. The molecule has 2 aromatic rings. The highest BCUT2D eigenvalue weighted by atomic mass is 16.6. The number of aromatic nitrogens is 1. The number of nitrogens with zero attached hydrogens (tertiary/aromatic N) is 1. The predicted octanol–water partition coefficient (Wildman–Crippen LogP) is 1.13. The summed E-state index contributed by atoms with van der Waals surface area (Å²) in [4.78, 5) is 16.3. The third-order valence-corrected chi connectivity index (χ3v) is 6.56. The van der Waals surface area contributed by atoms with Gasteiger partial charge in [-0.2, -0.15) is 0 Å². The lowest BCUT2D eigenvalue weighted by atomic mass is 10.1. The molecule has 0 bridgehead atoms.